The highest BCUT2D eigenvalue weighted by atomic mass is 32.2. The lowest BCUT2D eigenvalue weighted by Crippen LogP contribution is -1.84. The fraction of sp³-hybridized carbons (Fsp3) is 0.833. The lowest BCUT2D eigenvalue weighted by atomic mass is 10.1. The standard InChI is InChI=1S/C12H23N3S/c1-3-5-6-7-8-9-10-16-12-13-11(4-2)14-15-12/h3-10H2,1-2H3,(H,13,14,15). The highest BCUT2D eigenvalue weighted by Crippen LogP contribution is 2.15. The van der Waals surface area contributed by atoms with Gasteiger partial charge >= 0.3 is 0 Å². The third-order valence-corrected chi connectivity index (χ3v) is 3.51. The summed E-state index contributed by atoms with van der Waals surface area (Å²) < 4.78 is 0. The molecule has 0 saturated heterocycles. The Morgan fingerprint density at radius 3 is 2.50 bits per heavy atom. The third kappa shape index (κ3) is 5.54. The molecule has 1 N–H and O–H groups in total. The fourth-order valence-corrected chi connectivity index (χ4v) is 2.36. The highest BCUT2D eigenvalue weighted by Gasteiger charge is 2.01. The van der Waals surface area contributed by atoms with Gasteiger partial charge in [-0.3, -0.25) is 5.10 Å². The Balaban J connectivity index is 1.98. The van der Waals surface area contributed by atoms with Crippen molar-refractivity contribution in [3.05, 3.63) is 5.82 Å². The molecule has 0 bridgehead atoms. The number of nitrogens with one attached hydrogen (secondary N) is 1. The normalized spacial score (nSPS) is 10.9. The van der Waals surface area contributed by atoms with E-state index in [1.807, 2.05) is 0 Å². The van der Waals surface area contributed by atoms with E-state index in [1.54, 1.807) is 11.8 Å². The summed E-state index contributed by atoms with van der Waals surface area (Å²) in [5.41, 5.74) is 0. The van der Waals surface area contributed by atoms with Crippen LogP contribution in [0.3, 0.4) is 0 Å². The number of hydrogen-bond donors (Lipinski definition) is 1. The van der Waals surface area contributed by atoms with Crippen molar-refractivity contribution >= 4 is 11.8 Å². The van der Waals surface area contributed by atoms with Gasteiger partial charge in [-0.05, 0) is 6.42 Å². The molecule has 0 amide bonds. The molecule has 92 valence electrons. The minimum absolute atomic E-state index is 0.908. The predicted molar refractivity (Wildman–Crippen MR) is 69.9 cm³/mol. The lowest BCUT2D eigenvalue weighted by molar-refractivity contribution is 0.627. The topological polar surface area (TPSA) is 41.6 Å². The zero-order chi connectivity index (χ0) is 11.6. The van der Waals surface area contributed by atoms with Crippen LogP contribution < -0.4 is 0 Å². The van der Waals surface area contributed by atoms with Crippen LogP contribution in [-0.2, 0) is 6.42 Å². The first-order chi connectivity index (χ1) is 7.86. The Bertz CT molecular complexity index is 273. The summed E-state index contributed by atoms with van der Waals surface area (Å²) in [5.74, 6) is 2.14. The van der Waals surface area contributed by atoms with E-state index in [0.29, 0.717) is 0 Å². The zero-order valence-corrected chi connectivity index (χ0v) is 11.3. The van der Waals surface area contributed by atoms with Gasteiger partial charge < -0.3 is 0 Å². The molecule has 0 fully saturated rings. The van der Waals surface area contributed by atoms with E-state index in [4.69, 9.17) is 0 Å². The van der Waals surface area contributed by atoms with Gasteiger partial charge in [-0.15, -0.1) is 5.10 Å². The van der Waals surface area contributed by atoms with Crippen molar-refractivity contribution in [2.45, 2.75) is 63.9 Å². The number of aromatic amines is 1. The van der Waals surface area contributed by atoms with Gasteiger partial charge in [-0.1, -0.05) is 57.7 Å². The van der Waals surface area contributed by atoms with Gasteiger partial charge in [-0.25, -0.2) is 4.98 Å². The zero-order valence-electron chi connectivity index (χ0n) is 10.5. The summed E-state index contributed by atoms with van der Waals surface area (Å²) in [6, 6.07) is 0. The molecule has 1 aromatic rings. The van der Waals surface area contributed by atoms with Crippen LogP contribution in [0, 0.1) is 0 Å². The maximum absolute atomic E-state index is 4.37. The average Bonchev–Trinajstić information content (AvgIpc) is 2.76. The van der Waals surface area contributed by atoms with E-state index < -0.39 is 0 Å². The molecule has 0 spiro atoms. The second-order valence-corrected chi connectivity index (χ2v) is 5.10. The number of H-pyrrole nitrogens is 1. The third-order valence-electron chi connectivity index (χ3n) is 2.58. The molecular formula is C12H23N3S. The second kappa shape index (κ2) is 8.62. The summed E-state index contributed by atoms with van der Waals surface area (Å²) in [7, 11) is 0. The minimum Gasteiger partial charge on any atom is -0.262 e. The molecule has 1 aromatic heterocycles. The van der Waals surface area contributed by atoms with Crippen molar-refractivity contribution in [2.24, 2.45) is 0 Å². The Kier molecular flexibility index (Phi) is 7.30. The van der Waals surface area contributed by atoms with Crippen molar-refractivity contribution < 1.29 is 0 Å². The number of nitrogens with zero attached hydrogens (tertiary/aromatic N) is 2. The number of unbranched alkanes of at least 4 members (excludes halogenated alkanes) is 5. The van der Waals surface area contributed by atoms with Crippen LogP contribution in [-0.4, -0.2) is 20.9 Å². The van der Waals surface area contributed by atoms with E-state index in [-0.39, 0.29) is 0 Å². The van der Waals surface area contributed by atoms with Crippen molar-refractivity contribution in [1.82, 2.24) is 15.2 Å². The minimum atomic E-state index is 0.908. The number of hydrogen-bond acceptors (Lipinski definition) is 3. The van der Waals surface area contributed by atoms with E-state index in [2.05, 4.69) is 29.0 Å². The molecule has 0 radical (unpaired) electrons. The van der Waals surface area contributed by atoms with Crippen LogP contribution in [0.1, 0.15) is 58.2 Å². The Morgan fingerprint density at radius 2 is 1.81 bits per heavy atom. The summed E-state index contributed by atoms with van der Waals surface area (Å²) in [6.45, 7) is 4.34. The summed E-state index contributed by atoms with van der Waals surface area (Å²) in [6.07, 6.45) is 9.04. The molecule has 4 heteroatoms. The summed E-state index contributed by atoms with van der Waals surface area (Å²) >= 11 is 1.77. The van der Waals surface area contributed by atoms with E-state index in [9.17, 15) is 0 Å². The van der Waals surface area contributed by atoms with Gasteiger partial charge in [0.25, 0.3) is 0 Å². The van der Waals surface area contributed by atoms with Crippen LogP contribution in [0.4, 0.5) is 0 Å². The Labute approximate surface area is 103 Å². The molecule has 0 aromatic carbocycles. The van der Waals surface area contributed by atoms with E-state index in [1.165, 1.54) is 38.5 Å². The van der Waals surface area contributed by atoms with Gasteiger partial charge in [0.1, 0.15) is 5.82 Å². The molecule has 0 atom stereocenters. The van der Waals surface area contributed by atoms with Crippen molar-refractivity contribution in [2.75, 3.05) is 5.75 Å². The number of rotatable bonds is 9. The van der Waals surface area contributed by atoms with Crippen LogP contribution in [0.25, 0.3) is 0 Å². The lowest BCUT2D eigenvalue weighted by Gasteiger charge is -1.98. The first-order valence-corrected chi connectivity index (χ1v) is 7.39. The molecule has 1 rings (SSSR count). The van der Waals surface area contributed by atoms with Crippen molar-refractivity contribution in [3.8, 4) is 0 Å². The van der Waals surface area contributed by atoms with Gasteiger partial charge in [0.05, 0.1) is 0 Å². The van der Waals surface area contributed by atoms with Gasteiger partial charge in [-0.2, -0.15) is 0 Å². The van der Waals surface area contributed by atoms with Crippen LogP contribution >= 0.6 is 11.8 Å². The smallest absolute Gasteiger partial charge is 0.208 e. The number of aromatic nitrogens is 3. The molecule has 1 heterocycles. The Hall–Kier alpha value is -0.510. The predicted octanol–water partition coefficient (Wildman–Crippen LogP) is 3.82. The van der Waals surface area contributed by atoms with Crippen molar-refractivity contribution in [1.29, 1.82) is 0 Å². The molecule has 0 aliphatic rings. The molecule has 0 unspecified atom stereocenters. The summed E-state index contributed by atoms with van der Waals surface area (Å²) in [5, 5.41) is 8.01. The maximum atomic E-state index is 4.37. The number of thioether (sulfide) groups is 1. The first kappa shape index (κ1) is 13.6. The maximum Gasteiger partial charge on any atom is 0.208 e. The molecule has 0 aliphatic heterocycles. The monoisotopic (exact) mass is 241 g/mol. The number of aryl methyl sites for hydroxylation is 1. The van der Waals surface area contributed by atoms with Crippen LogP contribution in [0.5, 0.6) is 0 Å². The Morgan fingerprint density at radius 1 is 1.06 bits per heavy atom. The van der Waals surface area contributed by atoms with Crippen LogP contribution in [0.2, 0.25) is 0 Å². The van der Waals surface area contributed by atoms with Gasteiger partial charge in [0, 0.05) is 12.2 Å². The van der Waals surface area contributed by atoms with E-state index in [0.717, 1.165) is 23.2 Å². The molecule has 16 heavy (non-hydrogen) atoms. The van der Waals surface area contributed by atoms with E-state index >= 15 is 0 Å². The van der Waals surface area contributed by atoms with Gasteiger partial charge in [0.15, 0.2) is 0 Å². The average molecular weight is 241 g/mol. The first-order valence-electron chi connectivity index (χ1n) is 6.40. The molecule has 3 nitrogen and oxygen atoms in total. The second-order valence-electron chi connectivity index (χ2n) is 4.03. The SMILES string of the molecule is CCCCCCCCSc1n[nH]c(CC)n1. The largest absolute Gasteiger partial charge is 0.262 e. The van der Waals surface area contributed by atoms with Gasteiger partial charge in [0.2, 0.25) is 5.16 Å². The molecule has 0 saturated carbocycles. The quantitative estimate of drug-likeness (QED) is 0.528. The highest BCUT2D eigenvalue weighted by molar-refractivity contribution is 7.99. The molecule has 0 aliphatic carbocycles. The fourth-order valence-electron chi connectivity index (χ4n) is 1.55. The van der Waals surface area contributed by atoms with Crippen molar-refractivity contribution in [3.63, 3.8) is 0 Å². The summed E-state index contributed by atoms with van der Waals surface area (Å²) in [4.78, 5) is 4.37. The molecular weight excluding hydrogens is 218 g/mol. The van der Waals surface area contributed by atoms with Crippen LogP contribution in [0.15, 0.2) is 5.16 Å².